The van der Waals surface area contributed by atoms with Crippen molar-refractivity contribution in [3.05, 3.63) is 53.6 Å². The van der Waals surface area contributed by atoms with Crippen molar-refractivity contribution in [2.45, 2.75) is 6.61 Å². The Bertz CT molecular complexity index is 617. The minimum atomic E-state index is 0.0940. The van der Waals surface area contributed by atoms with E-state index in [-0.39, 0.29) is 12.4 Å². The van der Waals surface area contributed by atoms with E-state index in [1.165, 1.54) is 7.11 Å². The van der Waals surface area contributed by atoms with Crippen LogP contribution in [-0.2, 0) is 6.61 Å². The van der Waals surface area contributed by atoms with Crippen LogP contribution in [0.4, 0.5) is 0 Å². The van der Waals surface area contributed by atoms with Crippen molar-refractivity contribution < 1.29 is 14.6 Å². The first-order valence-electron chi connectivity index (χ1n) is 5.72. The van der Waals surface area contributed by atoms with E-state index in [2.05, 4.69) is 6.07 Å². The zero-order valence-electron chi connectivity index (χ0n) is 10.5. The van der Waals surface area contributed by atoms with Crippen molar-refractivity contribution in [2.24, 2.45) is 0 Å². The number of hydrogen-bond donors (Lipinski definition) is 1. The minimum absolute atomic E-state index is 0.0940. The molecule has 0 fully saturated rings. The first-order chi connectivity index (χ1) is 9.24. The van der Waals surface area contributed by atoms with Crippen LogP contribution in [0.25, 0.3) is 0 Å². The van der Waals surface area contributed by atoms with Gasteiger partial charge in [-0.2, -0.15) is 5.26 Å². The number of aromatic hydroxyl groups is 1. The van der Waals surface area contributed by atoms with Crippen LogP contribution in [0.5, 0.6) is 17.2 Å². The highest BCUT2D eigenvalue weighted by Crippen LogP contribution is 2.26. The van der Waals surface area contributed by atoms with E-state index in [1.807, 2.05) is 6.07 Å². The summed E-state index contributed by atoms with van der Waals surface area (Å²) in [4.78, 5) is 0. The zero-order chi connectivity index (χ0) is 13.7. The highest BCUT2D eigenvalue weighted by Gasteiger charge is 2.05. The van der Waals surface area contributed by atoms with E-state index in [0.29, 0.717) is 17.1 Å². The molecule has 0 heterocycles. The minimum Gasteiger partial charge on any atom is -0.504 e. The number of rotatable bonds is 4. The van der Waals surface area contributed by atoms with Gasteiger partial charge in [-0.3, -0.25) is 0 Å². The fraction of sp³-hybridized carbons (Fsp3) is 0.133. The van der Waals surface area contributed by atoms with Gasteiger partial charge in [0.05, 0.1) is 12.7 Å². The Morgan fingerprint density at radius 3 is 2.63 bits per heavy atom. The van der Waals surface area contributed by atoms with Crippen molar-refractivity contribution in [3.63, 3.8) is 0 Å². The Kier molecular flexibility index (Phi) is 3.89. The second-order valence-electron chi connectivity index (χ2n) is 3.90. The predicted molar refractivity (Wildman–Crippen MR) is 70.1 cm³/mol. The lowest BCUT2D eigenvalue weighted by Gasteiger charge is -2.09. The molecule has 96 valence electrons. The lowest BCUT2D eigenvalue weighted by Crippen LogP contribution is -1.97. The largest absolute Gasteiger partial charge is 0.504 e. The summed E-state index contributed by atoms with van der Waals surface area (Å²) >= 11 is 0. The number of methoxy groups -OCH3 is 1. The van der Waals surface area contributed by atoms with Gasteiger partial charge >= 0.3 is 0 Å². The van der Waals surface area contributed by atoms with E-state index in [4.69, 9.17) is 14.7 Å². The third-order valence-corrected chi connectivity index (χ3v) is 2.64. The maximum absolute atomic E-state index is 9.57. The molecule has 0 radical (unpaired) electrons. The number of hydrogen-bond acceptors (Lipinski definition) is 4. The molecule has 0 saturated carbocycles. The average Bonchev–Trinajstić information content (AvgIpc) is 2.46. The van der Waals surface area contributed by atoms with Crippen molar-refractivity contribution in [1.29, 1.82) is 5.26 Å². The van der Waals surface area contributed by atoms with Gasteiger partial charge in [-0.15, -0.1) is 0 Å². The monoisotopic (exact) mass is 255 g/mol. The molecule has 4 heteroatoms. The Morgan fingerprint density at radius 1 is 1.16 bits per heavy atom. The van der Waals surface area contributed by atoms with Crippen LogP contribution in [0, 0.1) is 11.3 Å². The average molecular weight is 255 g/mol. The van der Waals surface area contributed by atoms with Crippen LogP contribution in [0.1, 0.15) is 11.1 Å². The summed E-state index contributed by atoms with van der Waals surface area (Å²) in [7, 11) is 1.52. The molecule has 0 saturated heterocycles. The van der Waals surface area contributed by atoms with E-state index in [1.54, 1.807) is 36.4 Å². The van der Waals surface area contributed by atoms with Gasteiger partial charge in [0.2, 0.25) is 0 Å². The molecule has 1 N–H and O–H groups in total. The van der Waals surface area contributed by atoms with E-state index < -0.39 is 0 Å². The number of para-hydroxylation sites is 2. The normalized spacial score (nSPS) is 9.68. The van der Waals surface area contributed by atoms with Crippen LogP contribution in [-0.4, -0.2) is 12.2 Å². The smallest absolute Gasteiger partial charge is 0.161 e. The quantitative estimate of drug-likeness (QED) is 0.912. The van der Waals surface area contributed by atoms with Gasteiger partial charge in [0.15, 0.2) is 11.5 Å². The molecule has 0 unspecified atom stereocenters. The SMILES string of the molecule is COc1ccc(COc2ccccc2O)cc1C#N. The number of nitriles is 1. The third kappa shape index (κ3) is 2.96. The van der Waals surface area contributed by atoms with Gasteiger partial charge in [-0.1, -0.05) is 18.2 Å². The molecule has 19 heavy (non-hydrogen) atoms. The summed E-state index contributed by atoms with van der Waals surface area (Å²) in [5.74, 6) is 1.04. The predicted octanol–water partition coefficient (Wildman–Crippen LogP) is 2.85. The first-order valence-corrected chi connectivity index (χ1v) is 5.72. The third-order valence-electron chi connectivity index (χ3n) is 2.64. The molecule has 0 spiro atoms. The van der Waals surface area contributed by atoms with Crippen LogP contribution in [0.15, 0.2) is 42.5 Å². The maximum atomic E-state index is 9.57. The highest BCUT2D eigenvalue weighted by molar-refractivity contribution is 5.45. The zero-order valence-corrected chi connectivity index (χ0v) is 10.5. The van der Waals surface area contributed by atoms with Gasteiger partial charge in [0.25, 0.3) is 0 Å². The van der Waals surface area contributed by atoms with Gasteiger partial charge in [-0.25, -0.2) is 0 Å². The summed E-state index contributed by atoms with van der Waals surface area (Å²) in [5, 5.41) is 18.6. The van der Waals surface area contributed by atoms with Gasteiger partial charge in [-0.05, 0) is 29.8 Å². The summed E-state index contributed by atoms with van der Waals surface area (Å²) in [6, 6.07) is 14.1. The molecule has 2 aromatic rings. The van der Waals surface area contributed by atoms with Crippen molar-refractivity contribution in [2.75, 3.05) is 7.11 Å². The van der Waals surface area contributed by atoms with Gasteiger partial charge < -0.3 is 14.6 Å². The Balaban J connectivity index is 2.13. The molecule has 4 nitrogen and oxygen atoms in total. The van der Waals surface area contributed by atoms with Crippen LogP contribution < -0.4 is 9.47 Å². The summed E-state index contributed by atoms with van der Waals surface area (Å²) < 4.78 is 10.6. The molecule has 0 aliphatic carbocycles. The van der Waals surface area contributed by atoms with Crippen molar-refractivity contribution >= 4 is 0 Å². The van der Waals surface area contributed by atoms with E-state index in [0.717, 1.165) is 5.56 Å². The molecule has 0 amide bonds. The second-order valence-corrected chi connectivity index (χ2v) is 3.90. The molecule has 2 aromatic carbocycles. The fourth-order valence-electron chi connectivity index (χ4n) is 1.67. The van der Waals surface area contributed by atoms with E-state index in [9.17, 15) is 5.11 Å². The Hall–Kier alpha value is -2.67. The molecule has 2 rings (SSSR count). The molecular formula is C15H13NO3. The second kappa shape index (κ2) is 5.78. The molecule has 0 aliphatic rings. The molecule has 0 aromatic heterocycles. The standard InChI is InChI=1S/C15H13NO3/c1-18-14-7-6-11(8-12(14)9-16)10-19-15-5-3-2-4-13(15)17/h2-8,17H,10H2,1H3. The van der Waals surface area contributed by atoms with Crippen LogP contribution in [0.3, 0.4) is 0 Å². The number of benzene rings is 2. The lowest BCUT2D eigenvalue weighted by molar-refractivity contribution is 0.289. The summed E-state index contributed by atoms with van der Waals surface area (Å²) in [6.45, 7) is 0.274. The summed E-state index contributed by atoms with van der Waals surface area (Å²) in [6.07, 6.45) is 0. The number of ether oxygens (including phenoxy) is 2. The van der Waals surface area contributed by atoms with Crippen molar-refractivity contribution in [1.82, 2.24) is 0 Å². The fourth-order valence-corrected chi connectivity index (χ4v) is 1.67. The first kappa shape index (κ1) is 12.8. The van der Waals surface area contributed by atoms with Gasteiger partial charge in [0, 0.05) is 0 Å². The van der Waals surface area contributed by atoms with Gasteiger partial charge in [0.1, 0.15) is 18.4 Å². The van der Waals surface area contributed by atoms with Crippen LogP contribution >= 0.6 is 0 Å². The molecule has 0 atom stereocenters. The van der Waals surface area contributed by atoms with Crippen molar-refractivity contribution in [3.8, 4) is 23.3 Å². The summed E-state index contributed by atoms with van der Waals surface area (Å²) in [5.41, 5.74) is 1.29. The molecule has 0 aliphatic heterocycles. The number of phenols is 1. The van der Waals surface area contributed by atoms with E-state index >= 15 is 0 Å². The Morgan fingerprint density at radius 2 is 1.95 bits per heavy atom. The Labute approximate surface area is 111 Å². The highest BCUT2D eigenvalue weighted by atomic mass is 16.5. The number of phenolic OH excluding ortho intramolecular Hbond substituents is 1. The van der Waals surface area contributed by atoms with Crippen LogP contribution in [0.2, 0.25) is 0 Å². The lowest BCUT2D eigenvalue weighted by atomic mass is 10.1. The topological polar surface area (TPSA) is 62.5 Å². The molecular weight excluding hydrogens is 242 g/mol. The number of nitrogens with zero attached hydrogens (tertiary/aromatic N) is 1. The maximum Gasteiger partial charge on any atom is 0.161 e. The molecule has 0 bridgehead atoms.